The van der Waals surface area contributed by atoms with Crippen molar-refractivity contribution in [3.63, 3.8) is 0 Å². The van der Waals surface area contributed by atoms with Crippen LogP contribution in [0.5, 0.6) is 0 Å². The summed E-state index contributed by atoms with van der Waals surface area (Å²) in [4.78, 5) is 2.43. The number of anilines is 1. The highest BCUT2D eigenvalue weighted by Crippen LogP contribution is 2.16. The van der Waals surface area contributed by atoms with Crippen molar-refractivity contribution in [2.75, 3.05) is 31.1 Å². The van der Waals surface area contributed by atoms with Gasteiger partial charge in [0.2, 0.25) is 0 Å². The third kappa shape index (κ3) is 22.4. The summed E-state index contributed by atoms with van der Waals surface area (Å²) < 4.78 is 0. The van der Waals surface area contributed by atoms with E-state index in [0.29, 0.717) is 0 Å². The highest BCUT2D eigenvalue weighted by molar-refractivity contribution is 5.55. The van der Waals surface area contributed by atoms with Gasteiger partial charge in [-0.25, -0.2) is 0 Å². The molecule has 0 aromatic heterocycles. The van der Waals surface area contributed by atoms with Crippen LogP contribution < -0.4 is 10.2 Å². The molecule has 0 spiro atoms. The van der Waals surface area contributed by atoms with E-state index in [0.717, 1.165) is 26.2 Å². The van der Waals surface area contributed by atoms with Crippen molar-refractivity contribution in [2.24, 2.45) is 0 Å². The normalized spacial score (nSPS) is 11.4. The Morgan fingerprint density at radius 3 is 1.59 bits per heavy atom. The zero-order valence-electron chi connectivity index (χ0n) is 20.2. The predicted octanol–water partition coefficient (Wildman–Crippen LogP) is 7.82. The maximum absolute atomic E-state index is 3.36. The average molecular weight is 379 g/mol. The molecule has 0 atom stereocenters. The molecule has 1 aliphatic heterocycles. The minimum atomic E-state index is 1.09. The van der Waals surface area contributed by atoms with Gasteiger partial charge < -0.3 is 10.2 Å². The molecule has 1 fully saturated rings. The van der Waals surface area contributed by atoms with Crippen LogP contribution in [0, 0.1) is 0 Å². The van der Waals surface area contributed by atoms with Crippen LogP contribution in [0.3, 0.4) is 0 Å². The first-order valence-electron chi connectivity index (χ1n) is 11.0. The molecular weight excluding hydrogens is 328 g/mol. The smallest absolute Gasteiger partial charge is 0.0367 e. The van der Waals surface area contributed by atoms with Crippen molar-refractivity contribution in [1.29, 1.82) is 0 Å². The van der Waals surface area contributed by atoms with Crippen LogP contribution in [0.1, 0.15) is 81.2 Å². The van der Waals surface area contributed by atoms with Gasteiger partial charge in [0.25, 0.3) is 0 Å². The average Bonchev–Trinajstić information content (AvgIpc) is 2.75. The Bertz CT molecular complexity index is 374. The summed E-state index contributed by atoms with van der Waals surface area (Å²) >= 11 is 0. The zero-order valence-corrected chi connectivity index (χ0v) is 20.2. The third-order valence-corrected chi connectivity index (χ3v) is 2.73. The Hall–Kier alpha value is -1.54. The van der Waals surface area contributed by atoms with Gasteiger partial charge in [-0.2, -0.15) is 0 Å². The van der Waals surface area contributed by atoms with Crippen LogP contribution >= 0.6 is 0 Å². The molecule has 2 nitrogen and oxygen atoms in total. The van der Waals surface area contributed by atoms with Crippen LogP contribution in [0.15, 0.2) is 43.0 Å². The molecule has 0 unspecified atom stereocenters. The number of nitrogens with zero attached hydrogens (tertiary/aromatic N) is 1. The molecule has 0 bridgehead atoms. The van der Waals surface area contributed by atoms with E-state index in [9.17, 15) is 0 Å². The largest absolute Gasteiger partial charge is 0.369 e. The Kier molecular flexibility index (Phi) is 39.4. The maximum Gasteiger partial charge on any atom is 0.0367 e. The fourth-order valence-electron chi connectivity index (χ4n) is 1.91. The van der Waals surface area contributed by atoms with Gasteiger partial charge >= 0.3 is 0 Å². The molecule has 1 aromatic carbocycles. The van der Waals surface area contributed by atoms with Gasteiger partial charge in [0, 0.05) is 31.9 Å². The number of benzene rings is 1. The Balaban J connectivity index is -0.000000186. The van der Waals surface area contributed by atoms with Crippen molar-refractivity contribution in [1.82, 2.24) is 5.32 Å². The Labute approximate surface area is 172 Å². The molecule has 1 heterocycles. The number of piperazine rings is 1. The monoisotopic (exact) mass is 378 g/mol. The Morgan fingerprint density at radius 1 is 0.889 bits per heavy atom. The van der Waals surface area contributed by atoms with Gasteiger partial charge in [-0.15, -0.1) is 6.58 Å². The van der Waals surface area contributed by atoms with Gasteiger partial charge in [-0.05, 0) is 31.5 Å². The van der Waals surface area contributed by atoms with Crippen LogP contribution in [-0.2, 0) is 0 Å². The zero-order chi connectivity index (χ0) is 21.9. The van der Waals surface area contributed by atoms with E-state index >= 15 is 0 Å². The minimum absolute atomic E-state index is 1.09. The third-order valence-electron chi connectivity index (χ3n) is 2.73. The number of nitrogens with one attached hydrogen (secondary N) is 1. The van der Waals surface area contributed by atoms with E-state index in [1.807, 2.05) is 55.4 Å². The van der Waals surface area contributed by atoms with Crippen molar-refractivity contribution >= 4 is 11.8 Å². The predicted molar refractivity (Wildman–Crippen MR) is 132 cm³/mol. The van der Waals surface area contributed by atoms with Gasteiger partial charge in [-0.3, -0.25) is 0 Å². The number of rotatable bonds is 2. The standard InChI is InChI=1S/C13H18N2.C3H8.C3H6.3C2H6/c1-2-3-12-4-6-13(7-5-12)15-10-8-14-9-11-15;2*1-3-2;3*1-2/h2-7,14H,8-11H2,1H3;3H2,1-2H3;3H,1H2,2H3;3*1-2H3/b3-2+;;;;;. The lowest BCUT2D eigenvalue weighted by atomic mass is 10.1. The van der Waals surface area contributed by atoms with Crippen molar-refractivity contribution in [3.05, 3.63) is 48.6 Å². The van der Waals surface area contributed by atoms with Crippen LogP contribution in [0.4, 0.5) is 5.69 Å². The summed E-state index contributed by atoms with van der Waals surface area (Å²) in [6.07, 6.45) is 7.20. The number of hydrogen-bond acceptors (Lipinski definition) is 2. The van der Waals surface area contributed by atoms with E-state index in [1.54, 1.807) is 6.08 Å². The molecule has 1 aliphatic rings. The van der Waals surface area contributed by atoms with Crippen molar-refractivity contribution < 1.29 is 0 Å². The molecule has 160 valence electrons. The van der Waals surface area contributed by atoms with Crippen LogP contribution in [0.2, 0.25) is 0 Å². The first kappa shape index (κ1) is 33.1. The van der Waals surface area contributed by atoms with Crippen LogP contribution in [0.25, 0.3) is 6.08 Å². The SMILES string of the molecule is C/C=C/c1ccc(N2CCNCC2)cc1.C=CC.CC.CC.CC.CCC. The van der Waals surface area contributed by atoms with E-state index in [1.165, 1.54) is 17.7 Å². The van der Waals surface area contributed by atoms with Gasteiger partial charge in [0.1, 0.15) is 0 Å². The van der Waals surface area contributed by atoms with Gasteiger partial charge in [0.15, 0.2) is 0 Å². The molecule has 27 heavy (non-hydrogen) atoms. The minimum Gasteiger partial charge on any atom is -0.369 e. The molecular formula is C25H50N2. The fraction of sp³-hybridized carbons (Fsp3) is 0.600. The quantitative estimate of drug-likeness (QED) is 0.528. The molecule has 1 aromatic rings. The van der Waals surface area contributed by atoms with Crippen LogP contribution in [-0.4, -0.2) is 26.2 Å². The second-order valence-electron chi connectivity index (χ2n) is 4.94. The molecule has 0 radical (unpaired) electrons. The van der Waals surface area contributed by atoms with Crippen molar-refractivity contribution in [3.8, 4) is 0 Å². The summed E-state index contributed by atoms with van der Waals surface area (Å²) in [5.41, 5.74) is 2.61. The Morgan fingerprint density at radius 2 is 1.26 bits per heavy atom. The van der Waals surface area contributed by atoms with Crippen molar-refractivity contribution in [2.45, 2.75) is 75.7 Å². The lowest BCUT2D eigenvalue weighted by Crippen LogP contribution is -2.43. The molecule has 0 saturated carbocycles. The summed E-state index contributed by atoms with van der Waals surface area (Å²) in [6, 6.07) is 8.77. The fourth-order valence-corrected chi connectivity index (χ4v) is 1.91. The first-order chi connectivity index (χ1) is 13.2. The molecule has 1 saturated heterocycles. The van der Waals surface area contributed by atoms with Gasteiger partial charge in [0.05, 0.1) is 0 Å². The summed E-state index contributed by atoms with van der Waals surface area (Å²) in [5.74, 6) is 0. The first-order valence-corrected chi connectivity index (χ1v) is 11.0. The molecule has 2 rings (SSSR count). The second-order valence-corrected chi connectivity index (χ2v) is 4.94. The molecule has 0 aliphatic carbocycles. The topological polar surface area (TPSA) is 15.3 Å². The van der Waals surface area contributed by atoms with E-state index in [-0.39, 0.29) is 0 Å². The molecule has 2 heteroatoms. The summed E-state index contributed by atoms with van der Waals surface area (Å²) in [5, 5.41) is 3.36. The molecule has 0 amide bonds. The maximum atomic E-state index is 3.36. The second kappa shape index (κ2) is 32.2. The lowest BCUT2D eigenvalue weighted by molar-refractivity contribution is 0.589. The van der Waals surface area contributed by atoms with E-state index in [2.05, 4.69) is 67.1 Å². The molecule has 1 N–H and O–H groups in total. The summed E-state index contributed by atoms with van der Waals surface area (Å²) in [6.45, 7) is 28.0. The number of hydrogen-bond donors (Lipinski definition) is 1. The summed E-state index contributed by atoms with van der Waals surface area (Å²) in [7, 11) is 0. The lowest BCUT2D eigenvalue weighted by Gasteiger charge is -2.29. The van der Waals surface area contributed by atoms with E-state index in [4.69, 9.17) is 0 Å². The number of allylic oxidation sites excluding steroid dienone is 2. The van der Waals surface area contributed by atoms with Gasteiger partial charge in [-0.1, -0.05) is 92.2 Å². The van der Waals surface area contributed by atoms with E-state index < -0.39 is 0 Å². The highest BCUT2D eigenvalue weighted by atomic mass is 15.2. The highest BCUT2D eigenvalue weighted by Gasteiger charge is 2.09.